The van der Waals surface area contributed by atoms with Crippen LogP contribution < -0.4 is 4.90 Å². The molecule has 9 heteroatoms. The molecule has 1 unspecified atom stereocenters. The first-order valence-corrected chi connectivity index (χ1v) is 11.7. The second-order valence-corrected chi connectivity index (χ2v) is 9.53. The minimum absolute atomic E-state index is 0.0235. The van der Waals surface area contributed by atoms with Gasteiger partial charge in [0.25, 0.3) is 5.91 Å². The molecular formula is C21H29N3O5S. The van der Waals surface area contributed by atoms with Crippen LogP contribution in [0, 0.1) is 25.2 Å². The van der Waals surface area contributed by atoms with Gasteiger partial charge in [-0.1, -0.05) is 13.0 Å². The van der Waals surface area contributed by atoms with E-state index in [-0.39, 0.29) is 25.3 Å². The fraction of sp³-hybridized carbons (Fsp3) is 0.571. The molecule has 1 amide bonds. The van der Waals surface area contributed by atoms with Gasteiger partial charge in [0.05, 0.1) is 18.2 Å². The lowest BCUT2D eigenvalue weighted by Gasteiger charge is -2.25. The van der Waals surface area contributed by atoms with E-state index >= 15 is 0 Å². The van der Waals surface area contributed by atoms with Crippen LogP contribution in [0.2, 0.25) is 0 Å². The zero-order chi connectivity index (χ0) is 22.3. The Balaban J connectivity index is 2.09. The summed E-state index contributed by atoms with van der Waals surface area (Å²) in [4.78, 5) is 26.7. The van der Waals surface area contributed by atoms with Crippen molar-refractivity contribution in [1.82, 2.24) is 4.31 Å². The van der Waals surface area contributed by atoms with Gasteiger partial charge in [-0.3, -0.25) is 9.59 Å². The molecule has 2 rings (SSSR count). The molecule has 0 aromatic heterocycles. The maximum atomic E-state index is 12.8. The van der Waals surface area contributed by atoms with E-state index in [2.05, 4.69) is 0 Å². The molecular weight excluding hydrogens is 406 g/mol. The first kappa shape index (κ1) is 23.8. The number of nitriles is 1. The number of amides is 1. The Bertz CT molecular complexity index is 903. The molecule has 1 atom stereocenters. The summed E-state index contributed by atoms with van der Waals surface area (Å²) >= 11 is 0. The van der Waals surface area contributed by atoms with Crippen LogP contribution in [-0.4, -0.2) is 56.1 Å². The first-order chi connectivity index (χ1) is 14.2. The van der Waals surface area contributed by atoms with Crippen molar-refractivity contribution < 1.29 is 22.7 Å². The zero-order valence-electron chi connectivity index (χ0n) is 17.8. The summed E-state index contributed by atoms with van der Waals surface area (Å²) in [7, 11) is -3.52. The number of carbonyl (C=O) groups is 2. The number of carbonyl (C=O) groups excluding carboxylic acids is 2. The van der Waals surface area contributed by atoms with Gasteiger partial charge < -0.3 is 9.64 Å². The number of ether oxygens (including phenoxy) is 1. The average Bonchev–Trinajstić information content (AvgIpc) is 3.16. The first-order valence-electron chi connectivity index (χ1n) is 10.1. The second-order valence-electron chi connectivity index (χ2n) is 7.49. The molecule has 8 nitrogen and oxygen atoms in total. The van der Waals surface area contributed by atoms with Crippen LogP contribution in [0.5, 0.6) is 0 Å². The maximum absolute atomic E-state index is 12.8. The van der Waals surface area contributed by atoms with Crippen LogP contribution in [0.15, 0.2) is 18.2 Å². The lowest BCUT2D eigenvalue weighted by molar-refractivity contribution is -0.151. The number of benzene rings is 1. The monoisotopic (exact) mass is 435 g/mol. The van der Waals surface area contributed by atoms with E-state index in [1.807, 2.05) is 38.1 Å². The van der Waals surface area contributed by atoms with Gasteiger partial charge in [-0.15, -0.1) is 0 Å². The van der Waals surface area contributed by atoms with Crippen molar-refractivity contribution in [2.75, 3.05) is 30.3 Å². The molecule has 1 aliphatic rings. The van der Waals surface area contributed by atoms with Gasteiger partial charge in [-0.25, -0.2) is 8.42 Å². The number of nitrogens with zero attached hydrogens (tertiary/aromatic N) is 3. The van der Waals surface area contributed by atoms with Gasteiger partial charge in [0.15, 0.2) is 6.61 Å². The van der Waals surface area contributed by atoms with Crippen molar-refractivity contribution >= 4 is 27.6 Å². The number of hydrogen-bond acceptors (Lipinski definition) is 6. The van der Waals surface area contributed by atoms with Gasteiger partial charge in [-0.05, 0) is 56.4 Å². The zero-order valence-corrected chi connectivity index (χ0v) is 18.6. The second kappa shape index (κ2) is 10.5. The van der Waals surface area contributed by atoms with Gasteiger partial charge in [0.1, 0.15) is 6.04 Å². The Morgan fingerprint density at radius 1 is 1.27 bits per heavy atom. The highest BCUT2D eigenvalue weighted by Gasteiger charge is 2.39. The van der Waals surface area contributed by atoms with E-state index in [1.54, 1.807) is 6.92 Å². The van der Waals surface area contributed by atoms with E-state index < -0.39 is 34.5 Å². The summed E-state index contributed by atoms with van der Waals surface area (Å²) in [6.45, 7) is 5.55. The highest BCUT2D eigenvalue weighted by atomic mass is 32.2. The lowest BCUT2D eigenvalue weighted by Crippen LogP contribution is -2.43. The van der Waals surface area contributed by atoms with Crippen LogP contribution in [-0.2, 0) is 24.3 Å². The van der Waals surface area contributed by atoms with Crippen molar-refractivity contribution in [1.29, 1.82) is 5.26 Å². The molecule has 1 saturated heterocycles. The molecule has 0 N–H and O–H groups in total. The molecule has 1 aromatic carbocycles. The van der Waals surface area contributed by atoms with Crippen molar-refractivity contribution in [3.63, 3.8) is 0 Å². The molecule has 1 heterocycles. The van der Waals surface area contributed by atoms with E-state index in [0.29, 0.717) is 24.9 Å². The average molecular weight is 436 g/mol. The third kappa shape index (κ3) is 6.03. The fourth-order valence-corrected chi connectivity index (χ4v) is 5.39. The summed E-state index contributed by atoms with van der Waals surface area (Å²) in [5, 5.41) is 8.93. The molecule has 1 aliphatic heterocycles. The summed E-state index contributed by atoms with van der Waals surface area (Å²) in [6, 6.07) is 6.78. The van der Waals surface area contributed by atoms with Crippen LogP contribution in [0.3, 0.4) is 0 Å². The molecule has 0 aliphatic carbocycles. The fourth-order valence-electron chi connectivity index (χ4n) is 3.66. The number of aryl methyl sites for hydroxylation is 2. The minimum atomic E-state index is -3.52. The van der Waals surface area contributed by atoms with E-state index in [4.69, 9.17) is 10.00 Å². The topological polar surface area (TPSA) is 108 Å². The Labute approximate surface area is 178 Å². The molecule has 1 fully saturated rings. The van der Waals surface area contributed by atoms with Crippen molar-refractivity contribution in [3.8, 4) is 6.07 Å². The number of anilines is 1. The van der Waals surface area contributed by atoms with E-state index in [9.17, 15) is 18.0 Å². The standard InChI is InChI=1S/C21H29N3O5S/c1-4-11-30(27,28)24-10-5-7-19(24)21(26)29-15-20(25)23(9-6-8-22)18-13-16(2)12-17(3)14-18/h12-14,19H,4-7,9-11,15H2,1-3H3. The number of sulfonamides is 1. The molecule has 164 valence electrons. The molecule has 0 radical (unpaired) electrons. The Morgan fingerprint density at radius 3 is 2.53 bits per heavy atom. The third-order valence-corrected chi connectivity index (χ3v) is 6.98. The molecule has 0 spiro atoms. The summed E-state index contributed by atoms with van der Waals surface area (Å²) in [5.41, 5.74) is 2.58. The molecule has 30 heavy (non-hydrogen) atoms. The van der Waals surface area contributed by atoms with Crippen molar-refractivity contribution in [3.05, 3.63) is 29.3 Å². The smallest absolute Gasteiger partial charge is 0.324 e. The Kier molecular flexibility index (Phi) is 8.38. The molecule has 0 saturated carbocycles. The normalized spacial score (nSPS) is 16.8. The lowest BCUT2D eigenvalue weighted by atomic mass is 10.1. The molecule has 0 bridgehead atoms. The predicted molar refractivity (Wildman–Crippen MR) is 113 cm³/mol. The molecule has 1 aromatic rings. The maximum Gasteiger partial charge on any atom is 0.324 e. The summed E-state index contributed by atoms with van der Waals surface area (Å²) in [6.07, 6.45) is 1.56. The van der Waals surface area contributed by atoms with Crippen LogP contribution in [0.4, 0.5) is 5.69 Å². The Hall–Kier alpha value is -2.44. The quantitative estimate of drug-likeness (QED) is 0.551. The summed E-state index contributed by atoms with van der Waals surface area (Å²) in [5.74, 6) is -1.18. The SMILES string of the molecule is CCCS(=O)(=O)N1CCCC1C(=O)OCC(=O)N(CCC#N)c1cc(C)cc(C)c1. The van der Waals surface area contributed by atoms with Crippen LogP contribution in [0.25, 0.3) is 0 Å². The van der Waals surface area contributed by atoms with Crippen LogP contribution >= 0.6 is 0 Å². The number of hydrogen-bond donors (Lipinski definition) is 0. The largest absolute Gasteiger partial charge is 0.454 e. The summed E-state index contributed by atoms with van der Waals surface area (Å²) < 4.78 is 31.2. The van der Waals surface area contributed by atoms with E-state index in [0.717, 1.165) is 11.1 Å². The highest BCUT2D eigenvalue weighted by Crippen LogP contribution is 2.23. The van der Waals surface area contributed by atoms with Gasteiger partial charge in [0.2, 0.25) is 10.0 Å². The third-order valence-electron chi connectivity index (χ3n) is 4.90. The van der Waals surface area contributed by atoms with Crippen molar-refractivity contribution in [2.24, 2.45) is 0 Å². The van der Waals surface area contributed by atoms with Crippen molar-refractivity contribution in [2.45, 2.75) is 52.5 Å². The van der Waals surface area contributed by atoms with Gasteiger partial charge in [0, 0.05) is 18.8 Å². The van der Waals surface area contributed by atoms with Crippen LogP contribution in [0.1, 0.15) is 43.7 Å². The van der Waals surface area contributed by atoms with Gasteiger partial charge >= 0.3 is 5.97 Å². The predicted octanol–water partition coefficient (Wildman–Crippen LogP) is 2.30. The minimum Gasteiger partial charge on any atom is -0.454 e. The van der Waals surface area contributed by atoms with Gasteiger partial charge in [-0.2, -0.15) is 9.57 Å². The van der Waals surface area contributed by atoms with E-state index in [1.165, 1.54) is 9.21 Å². The number of rotatable bonds is 9. The Morgan fingerprint density at radius 2 is 1.93 bits per heavy atom. The number of esters is 1. The highest BCUT2D eigenvalue weighted by molar-refractivity contribution is 7.89.